The SMILES string of the molecule is C=Cc1ccc(N(Cc2ccc(OC)cc2)S(C)(=O)=O)cc1. The zero-order valence-corrected chi connectivity index (χ0v) is 13.5. The highest BCUT2D eigenvalue weighted by atomic mass is 32.2. The lowest BCUT2D eigenvalue weighted by molar-refractivity contribution is 0.414. The average Bonchev–Trinajstić information content (AvgIpc) is 2.52. The van der Waals surface area contributed by atoms with Gasteiger partial charge in [-0.05, 0) is 35.4 Å². The Hall–Kier alpha value is -2.27. The minimum absolute atomic E-state index is 0.274. The maximum Gasteiger partial charge on any atom is 0.232 e. The molecule has 0 aromatic heterocycles. The lowest BCUT2D eigenvalue weighted by atomic mass is 10.2. The summed E-state index contributed by atoms with van der Waals surface area (Å²) in [6.45, 7) is 3.97. The van der Waals surface area contributed by atoms with Crippen LogP contribution < -0.4 is 9.04 Å². The van der Waals surface area contributed by atoms with E-state index in [0.717, 1.165) is 16.9 Å². The zero-order valence-electron chi connectivity index (χ0n) is 12.7. The molecule has 0 unspecified atom stereocenters. The molecular formula is C17H19NO3S. The standard InChI is InChI=1S/C17H19NO3S/c1-4-14-5-9-16(10-6-14)18(22(3,19)20)13-15-7-11-17(21-2)12-8-15/h4-12H,1,13H2,2-3H3. The van der Waals surface area contributed by atoms with Gasteiger partial charge in [0.1, 0.15) is 5.75 Å². The Bertz CT molecular complexity index is 734. The Balaban J connectivity index is 2.31. The summed E-state index contributed by atoms with van der Waals surface area (Å²) in [4.78, 5) is 0. The summed E-state index contributed by atoms with van der Waals surface area (Å²) in [5, 5.41) is 0. The van der Waals surface area contributed by atoms with Crippen molar-refractivity contribution in [3.8, 4) is 5.75 Å². The van der Waals surface area contributed by atoms with Crippen LogP contribution in [0.25, 0.3) is 6.08 Å². The number of hydrogen-bond acceptors (Lipinski definition) is 3. The molecule has 2 rings (SSSR count). The van der Waals surface area contributed by atoms with Crippen LogP contribution in [0.4, 0.5) is 5.69 Å². The van der Waals surface area contributed by atoms with Crippen molar-refractivity contribution in [2.75, 3.05) is 17.7 Å². The minimum atomic E-state index is -3.38. The summed E-state index contributed by atoms with van der Waals surface area (Å²) in [6, 6.07) is 14.6. The summed E-state index contributed by atoms with van der Waals surface area (Å²) in [7, 11) is -1.78. The van der Waals surface area contributed by atoms with E-state index in [-0.39, 0.29) is 6.54 Å². The Morgan fingerprint density at radius 3 is 2.14 bits per heavy atom. The van der Waals surface area contributed by atoms with Gasteiger partial charge in [0.05, 0.1) is 25.6 Å². The van der Waals surface area contributed by atoms with E-state index in [1.165, 1.54) is 10.6 Å². The summed E-state index contributed by atoms with van der Waals surface area (Å²) in [5.74, 6) is 0.741. The fraction of sp³-hybridized carbons (Fsp3) is 0.176. The molecule has 22 heavy (non-hydrogen) atoms. The van der Waals surface area contributed by atoms with Gasteiger partial charge in [-0.1, -0.05) is 36.9 Å². The highest BCUT2D eigenvalue weighted by Crippen LogP contribution is 2.22. The number of benzene rings is 2. The van der Waals surface area contributed by atoms with Crippen molar-refractivity contribution in [1.82, 2.24) is 0 Å². The second-order valence-corrected chi connectivity index (χ2v) is 6.82. The van der Waals surface area contributed by atoms with Crippen molar-refractivity contribution in [3.05, 3.63) is 66.2 Å². The van der Waals surface area contributed by atoms with E-state index in [4.69, 9.17) is 4.74 Å². The Kier molecular flexibility index (Phi) is 4.88. The van der Waals surface area contributed by atoms with Crippen LogP contribution in [0, 0.1) is 0 Å². The third-order valence-electron chi connectivity index (χ3n) is 3.30. The molecule has 2 aromatic rings. The number of hydrogen-bond donors (Lipinski definition) is 0. The van der Waals surface area contributed by atoms with Gasteiger partial charge in [-0.3, -0.25) is 4.31 Å². The molecule has 116 valence electrons. The third-order valence-corrected chi connectivity index (χ3v) is 4.44. The Morgan fingerprint density at radius 1 is 1.09 bits per heavy atom. The number of ether oxygens (including phenoxy) is 1. The Labute approximate surface area is 131 Å². The van der Waals surface area contributed by atoms with Crippen LogP contribution in [0.3, 0.4) is 0 Å². The van der Waals surface area contributed by atoms with Crippen LogP contribution in [0.1, 0.15) is 11.1 Å². The normalized spacial score (nSPS) is 11.0. The van der Waals surface area contributed by atoms with E-state index in [0.29, 0.717) is 5.69 Å². The molecule has 0 aliphatic heterocycles. The van der Waals surface area contributed by atoms with E-state index < -0.39 is 10.0 Å². The fourth-order valence-electron chi connectivity index (χ4n) is 2.07. The molecule has 0 saturated heterocycles. The molecule has 0 atom stereocenters. The van der Waals surface area contributed by atoms with Gasteiger partial charge in [0.15, 0.2) is 0 Å². The van der Waals surface area contributed by atoms with Crippen LogP contribution in [-0.4, -0.2) is 21.8 Å². The molecule has 5 heteroatoms. The lowest BCUT2D eigenvalue weighted by Gasteiger charge is -2.22. The van der Waals surface area contributed by atoms with Crippen LogP contribution in [0.5, 0.6) is 5.75 Å². The molecule has 2 aromatic carbocycles. The number of rotatable bonds is 6. The van der Waals surface area contributed by atoms with E-state index in [1.807, 2.05) is 36.4 Å². The van der Waals surface area contributed by atoms with Gasteiger partial charge in [0.25, 0.3) is 0 Å². The van der Waals surface area contributed by atoms with Crippen molar-refractivity contribution >= 4 is 21.8 Å². The van der Waals surface area contributed by atoms with Crippen LogP contribution in [0.15, 0.2) is 55.1 Å². The van der Waals surface area contributed by atoms with Gasteiger partial charge in [-0.15, -0.1) is 0 Å². The highest BCUT2D eigenvalue weighted by molar-refractivity contribution is 7.92. The van der Waals surface area contributed by atoms with E-state index in [9.17, 15) is 8.42 Å². The molecule has 0 N–H and O–H groups in total. The second-order valence-electron chi connectivity index (χ2n) is 4.91. The summed E-state index contributed by atoms with van der Waals surface area (Å²) in [5.41, 5.74) is 2.46. The zero-order chi connectivity index (χ0) is 16.2. The van der Waals surface area contributed by atoms with Crippen molar-refractivity contribution in [2.24, 2.45) is 0 Å². The van der Waals surface area contributed by atoms with Crippen LogP contribution in [0.2, 0.25) is 0 Å². The molecule has 0 fully saturated rings. The molecule has 0 saturated carbocycles. The smallest absolute Gasteiger partial charge is 0.232 e. The first-order chi connectivity index (χ1) is 10.4. The lowest BCUT2D eigenvalue weighted by Crippen LogP contribution is -2.29. The monoisotopic (exact) mass is 317 g/mol. The summed E-state index contributed by atoms with van der Waals surface area (Å²) < 4.78 is 30.7. The maximum atomic E-state index is 12.1. The van der Waals surface area contributed by atoms with E-state index in [2.05, 4.69) is 6.58 Å². The maximum absolute atomic E-state index is 12.1. The third kappa shape index (κ3) is 3.89. The first kappa shape index (κ1) is 16.1. The molecule has 0 aliphatic carbocycles. The van der Waals surface area contributed by atoms with Gasteiger partial charge < -0.3 is 4.74 Å². The summed E-state index contributed by atoms with van der Waals surface area (Å²) in [6.07, 6.45) is 2.93. The first-order valence-electron chi connectivity index (χ1n) is 6.77. The number of methoxy groups -OCH3 is 1. The molecule has 0 bridgehead atoms. The quantitative estimate of drug-likeness (QED) is 0.821. The second kappa shape index (κ2) is 6.66. The molecule has 0 aliphatic rings. The Morgan fingerprint density at radius 2 is 1.68 bits per heavy atom. The van der Waals surface area contributed by atoms with Crippen LogP contribution >= 0.6 is 0 Å². The molecular weight excluding hydrogens is 298 g/mol. The van der Waals surface area contributed by atoms with Gasteiger partial charge in [0.2, 0.25) is 10.0 Å². The summed E-state index contributed by atoms with van der Waals surface area (Å²) >= 11 is 0. The largest absolute Gasteiger partial charge is 0.497 e. The van der Waals surface area contributed by atoms with E-state index >= 15 is 0 Å². The van der Waals surface area contributed by atoms with Crippen molar-refractivity contribution in [1.29, 1.82) is 0 Å². The highest BCUT2D eigenvalue weighted by Gasteiger charge is 2.17. The van der Waals surface area contributed by atoms with Gasteiger partial charge in [-0.25, -0.2) is 8.42 Å². The topological polar surface area (TPSA) is 46.6 Å². The van der Waals surface area contributed by atoms with Crippen molar-refractivity contribution < 1.29 is 13.2 Å². The number of sulfonamides is 1. The van der Waals surface area contributed by atoms with Crippen molar-refractivity contribution in [2.45, 2.75) is 6.54 Å². The number of nitrogens with zero attached hydrogens (tertiary/aromatic N) is 1. The average molecular weight is 317 g/mol. The van der Waals surface area contributed by atoms with E-state index in [1.54, 1.807) is 25.3 Å². The molecule has 0 amide bonds. The predicted molar refractivity (Wildman–Crippen MR) is 90.6 cm³/mol. The minimum Gasteiger partial charge on any atom is -0.497 e. The molecule has 4 nitrogen and oxygen atoms in total. The molecule has 0 heterocycles. The first-order valence-corrected chi connectivity index (χ1v) is 8.62. The van der Waals surface area contributed by atoms with Gasteiger partial charge >= 0.3 is 0 Å². The fourth-order valence-corrected chi connectivity index (χ4v) is 2.96. The molecule has 0 spiro atoms. The predicted octanol–water partition coefficient (Wildman–Crippen LogP) is 3.30. The van der Waals surface area contributed by atoms with Crippen molar-refractivity contribution in [3.63, 3.8) is 0 Å². The molecule has 0 radical (unpaired) electrons. The van der Waals surface area contributed by atoms with Gasteiger partial charge in [0, 0.05) is 0 Å². The van der Waals surface area contributed by atoms with Crippen LogP contribution in [-0.2, 0) is 16.6 Å². The van der Waals surface area contributed by atoms with Gasteiger partial charge in [-0.2, -0.15) is 0 Å². The number of anilines is 1.